The topological polar surface area (TPSA) is 55.1 Å². The number of urea groups is 1. The van der Waals surface area contributed by atoms with Gasteiger partial charge in [-0.3, -0.25) is 0 Å². The summed E-state index contributed by atoms with van der Waals surface area (Å²) in [6, 6.07) is 24.6. The number of amides is 2. The van der Waals surface area contributed by atoms with Gasteiger partial charge in [0.2, 0.25) is 0 Å². The Morgan fingerprint density at radius 3 is 2.27 bits per heavy atom. The lowest BCUT2D eigenvalue weighted by molar-refractivity contribution is 0.194. The van der Waals surface area contributed by atoms with Crippen molar-refractivity contribution in [1.82, 2.24) is 19.2 Å². The highest BCUT2D eigenvalue weighted by Gasteiger charge is 2.36. The van der Waals surface area contributed by atoms with Gasteiger partial charge >= 0.3 is 6.03 Å². The number of carbonyl (C=O) groups is 1. The molecule has 37 heavy (non-hydrogen) atoms. The first-order valence-corrected chi connectivity index (χ1v) is 11.9. The third-order valence-electron chi connectivity index (χ3n) is 6.63. The highest BCUT2D eigenvalue weighted by molar-refractivity contribution is 5.90. The molecule has 6 rings (SSSR count). The second-order valence-electron chi connectivity index (χ2n) is 8.96. The van der Waals surface area contributed by atoms with Crippen molar-refractivity contribution in [2.24, 2.45) is 0 Å². The van der Waals surface area contributed by atoms with Gasteiger partial charge in [-0.1, -0.05) is 30.3 Å². The maximum Gasteiger partial charge on any atom is 0.322 e. The van der Waals surface area contributed by atoms with Gasteiger partial charge in [-0.15, -0.1) is 0 Å². The van der Waals surface area contributed by atoms with Gasteiger partial charge in [0, 0.05) is 17.4 Å². The number of fused-ring (bicyclic) bond motifs is 3. The molecule has 0 fully saturated rings. The van der Waals surface area contributed by atoms with Crippen LogP contribution >= 0.6 is 0 Å². The molecule has 2 amide bonds. The van der Waals surface area contributed by atoms with Crippen molar-refractivity contribution in [3.05, 3.63) is 131 Å². The number of para-hydroxylation sites is 1. The molecule has 0 radical (unpaired) electrons. The second-order valence-corrected chi connectivity index (χ2v) is 8.96. The summed E-state index contributed by atoms with van der Waals surface area (Å²) in [7, 11) is 0. The molecule has 2 aromatic heterocycles. The first kappa shape index (κ1) is 22.7. The lowest BCUT2D eigenvalue weighted by atomic mass is 10.0. The van der Waals surface area contributed by atoms with Crippen molar-refractivity contribution in [2.75, 3.05) is 5.32 Å². The Morgan fingerprint density at radius 2 is 1.57 bits per heavy atom. The van der Waals surface area contributed by atoms with Crippen molar-refractivity contribution in [3.8, 4) is 11.5 Å². The van der Waals surface area contributed by atoms with Gasteiger partial charge in [0.25, 0.3) is 0 Å². The van der Waals surface area contributed by atoms with Crippen LogP contribution in [0.5, 0.6) is 0 Å². The van der Waals surface area contributed by atoms with E-state index in [0.717, 1.165) is 34.0 Å². The molecule has 0 saturated carbocycles. The maximum atomic E-state index is 13.9. The Morgan fingerprint density at radius 1 is 0.892 bits per heavy atom. The zero-order valence-corrected chi connectivity index (χ0v) is 20.0. The van der Waals surface area contributed by atoms with Crippen LogP contribution in [0.4, 0.5) is 19.3 Å². The number of nitrogens with one attached hydrogen (secondary N) is 1. The van der Waals surface area contributed by atoms with Gasteiger partial charge in [0.05, 0.1) is 29.7 Å². The molecule has 6 nitrogen and oxygen atoms in total. The monoisotopic (exact) mass is 495 g/mol. The second kappa shape index (κ2) is 9.05. The first-order chi connectivity index (χ1) is 18.0. The van der Waals surface area contributed by atoms with Crippen LogP contribution < -0.4 is 5.32 Å². The molecule has 0 aliphatic carbocycles. The molecule has 1 N–H and O–H groups in total. The third-order valence-corrected chi connectivity index (χ3v) is 6.63. The summed E-state index contributed by atoms with van der Waals surface area (Å²) in [5.74, 6) is 0.102. The first-order valence-electron chi connectivity index (χ1n) is 11.9. The molecule has 0 unspecified atom stereocenters. The number of halogens is 2. The minimum Gasteiger partial charge on any atom is -0.308 e. The van der Waals surface area contributed by atoms with Gasteiger partial charge in [-0.2, -0.15) is 5.10 Å². The van der Waals surface area contributed by atoms with E-state index in [2.05, 4.69) is 5.32 Å². The molecule has 0 saturated heterocycles. The predicted molar refractivity (Wildman–Crippen MR) is 137 cm³/mol. The van der Waals surface area contributed by atoms with Crippen LogP contribution in [0, 0.1) is 18.6 Å². The summed E-state index contributed by atoms with van der Waals surface area (Å²) < 4.78 is 31.3. The van der Waals surface area contributed by atoms with Crippen LogP contribution in [-0.4, -0.2) is 25.3 Å². The van der Waals surface area contributed by atoms with Gasteiger partial charge in [0.15, 0.2) is 0 Å². The van der Waals surface area contributed by atoms with Crippen LogP contribution in [0.15, 0.2) is 97.2 Å². The molecule has 1 aliphatic heterocycles. The summed E-state index contributed by atoms with van der Waals surface area (Å²) in [6.45, 7) is 2.18. The van der Waals surface area contributed by atoms with Gasteiger partial charge < -0.3 is 14.8 Å². The number of aryl methyl sites for hydroxylation is 1. The van der Waals surface area contributed by atoms with E-state index in [1.165, 1.54) is 36.4 Å². The summed E-state index contributed by atoms with van der Waals surface area (Å²) in [4.78, 5) is 15.5. The molecule has 1 aliphatic rings. The van der Waals surface area contributed by atoms with Crippen LogP contribution in [-0.2, 0) is 6.54 Å². The summed E-state index contributed by atoms with van der Waals surface area (Å²) in [5.41, 5.74) is 4.64. The molecule has 3 heterocycles. The third kappa shape index (κ3) is 4.06. The van der Waals surface area contributed by atoms with E-state index < -0.39 is 6.04 Å². The fraction of sp³-hybridized carbons (Fsp3) is 0.103. The van der Waals surface area contributed by atoms with E-state index in [-0.39, 0.29) is 24.2 Å². The fourth-order valence-corrected chi connectivity index (χ4v) is 4.87. The van der Waals surface area contributed by atoms with E-state index >= 15 is 0 Å². The number of aromatic nitrogens is 3. The lowest BCUT2D eigenvalue weighted by Gasteiger charge is -2.31. The standard InChI is InChI=1S/C29H23F2N5O/c1-19-25-18-35(29(37)32-23-15-13-22(31)14-16-23)27(20-9-11-21(30)12-10-20)26-8-5-17-34(26)28(25)36(33-19)24-6-3-2-4-7-24/h2-17,27H,18H2,1H3,(H,32,37)/t27-/m0/s1. The molecular weight excluding hydrogens is 472 g/mol. The van der Waals surface area contributed by atoms with Crippen molar-refractivity contribution >= 4 is 11.7 Å². The minimum atomic E-state index is -0.521. The van der Waals surface area contributed by atoms with E-state index in [4.69, 9.17) is 5.10 Å². The molecule has 8 heteroatoms. The Hall–Kier alpha value is -4.72. The van der Waals surface area contributed by atoms with Crippen molar-refractivity contribution in [2.45, 2.75) is 19.5 Å². The van der Waals surface area contributed by atoms with Crippen molar-refractivity contribution in [3.63, 3.8) is 0 Å². The quantitative estimate of drug-likeness (QED) is 0.316. The average molecular weight is 496 g/mol. The average Bonchev–Trinajstić information content (AvgIpc) is 3.47. The minimum absolute atomic E-state index is 0.255. The number of carbonyl (C=O) groups excluding carboxylic acids is 1. The molecule has 0 bridgehead atoms. The number of hydrogen-bond acceptors (Lipinski definition) is 2. The lowest BCUT2D eigenvalue weighted by Crippen LogP contribution is -2.38. The molecular formula is C29H23F2N5O. The Balaban J connectivity index is 1.53. The smallest absolute Gasteiger partial charge is 0.308 e. The molecule has 1 atom stereocenters. The number of nitrogens with zero attached hydrogens (tertiary/aromatic N) is 4. The number of rotatable bonds is 3. The number of hydrogen-bond donors (Lipinski definition) is 1. The zero-order valence-electron chi connectivity index (χ0n) is 20.0. The summed E-state index contributed by atoms with van der Waals surface area (Å²) in [6.07, 6.45) is 1.95. The molecule has 3 aromatic carbocycles. The highest BCUT2D eigenvalue weighted by Crippen LogP contribution is 2.38. The van der Waals surface area contributed by atoms with E-state index in [1.807, 2.05) is 64.8 Å². The Bertz CT molecular complexity index is 1570. The molecule has 5 aromatic rings. The highest BCUT2D eigenvalue weighted by atomic mass is 19.1. The van der Waals surface area contributed by atoms with Gasteiger partial charge in [0.1, 0.15) is 17.5 Å². The SMILES string of the molecule is Cc1nn(-c2ccccc2)c2c1CN(C(=O)Nc1ccc(F)cc1)[C@@H](c1ccc(F)cc1)c1cccn1-2. The molecule has 0 spiro atoms. The van der Waals surface area contributed by atoms with Gasteiger partial charge in [-0.25, -0.2) is 18.3 Å². The Labute approximate surface area is 212 Å². The zero-order chi connectivity index (χ0) is 25.5. The molecule has 184 valence electrons. The number of anilines is 1. The van der Waals surface area contributed by atoms with E-state index in [1.54, 1.807) is 17.0 Å². The normalized spacial score (nSPS) is 14.6. The summed E-state index contributed by atoms with van der Waals surface area (Å²) in [5, 5.41) is 7.72. The van der Waals surface area contributed by atoms with Crippen molar-refractivity contribution in [1.29, 1.82) is 0 Å². The van der Waals surface area contributed by atoms with E-state index in [9.17, 15) is 13.6 Å². The fourth-order valence-electron chi connectivity index (χ4n) is 4.87. The maximum absolute atomic E-state index is 13.9. The van der Waals surface area contributed by atoms with Crippen LogP contribution in [0.25, 0.3) is 11.5 Å². The van der Waals surface area contributed by atoms with Gasteiger partial charge in [-0.05, 0) is 73.2 Å². The predicted octanol–water partition coefficient (Wildman–Crippen LogP) is 6.39. The van der Waals surface area contributed by atoms with E-state index in [0.29, 0.717) is 5.69 Å². The van der Waals surface area contributed by atoms with Crippen LogP contribution in [0.3, 0.4) is 0 Å². The van der Waals surface area contributed by atoms with Crippen molar-refractivity contribution < 1.29 is 13.6 Å². The summed E-state index contributed by atoms with van der Waals surface area (Å²) >= 11 is 0. The Kier molecular flexibility index (Phi) is 5.56. The number of benzene rings is 3. The largest absolute Gasteiger partial charge is 0.322 e. The van der Waals surface area contributed by atoms with Crippen LogP contribution in [0.2, 0.25) is 0 Å². The van der Waals surface area contributed by atoms with Crippen LogP contribution in [0.1, 0.15) is 28.6 Å².